The second-order valence-electron chi connectivity index (χ2n) is 5.25. The molecule has 0 aromatic rings. The van der Waals surface area contributed by atoms with E-state index in [2.05, 4.69) is 30.4 Å². The maximum Gasteiger partial charge on any atom is 0.246 e. The normalized spacial score (nSPS) is 9.58. The molecule has 0 aliphatic heterocycles. The van der Waals surface area contributed by atoms with Crippen LogP contribution in [0.25, 0.3) is 0 Å². The molecule has 0 aliphatic carbocycles. The minimum atomic E-state index is -0.322. The topological polar surface area (TPSA) is 98.8 Å². The maximum absolute atomic E-state index is 12.1. The molecule has 0 saturated heterocycles. The summed E-state index contributed by atoms with van der Waals surface area (Å²) in [6.45, 7) is 13.7. The van der Waals surface area contributed by atoms with Crippen molar-refractivity contribution in [2.24, 2.45) is 0 Å². The van der Waals surface area contributed by atoms with Crippen LogP contribution in [0.4, 0.5) is 0 Å². The molecule has 0 aromatic carbocycles. The average Bonchev–Trinajstić information content (AvgIpc) is 2.66. The van der Waals surface area contributed by atoms with E-state index in [1.807, 2.05) is 0 Å². The molecule has 0 heterocycles. The molecule has 26 heavy (non-hydrogen) atoms. The fourth-order valence-electron chi connectivity index (χ4n) is 2.06. The third-order valence-corrected chi connectivity index (χ3v) is 3.51. The fraction of sp³-hybridized carbons (Fsp3) is 0.444. The summed E-state index contributed by atoms with van der Waals surface area (Å²) in [6, 6.07) is 0. The predicted octanol–water partition coefficient (Wildman–Crippen LogP) is -0.156. The first-order chi connectivity index (χ1) is 12.4. The standard InChI is InChI=1S/C18H28N4O4/c1-5-15(23)19-9-11-21(17(25)7-3)13-14-22(18(26)8-4)12-10-20-16(24)6-2/h5-7H,1-3,8-14H2,4H3,(H,19,23)(H,20,24). The van der Waals surface area contributed by atoms with Crippen molar-refractivity contribution in [2.75, 3.05) is 39.3 Å². The number of rotatable bonds is 13. The summed E-state index contributed by atoms with van der Waals surface area (Å²) in [6.07, 6.45) is 3.82. The van der Waals surface area contributed by atoms with E-state index in [9.17, 15) is 19.2 Å². The molecule has 0 aromatic heterocycles. The Hall–Kier alpha value is -2.90. The van der Waals surface area contributed by atoms with Gasteiger partial charge in [-0.05, 0) is 18.2 Å². The molecule has 144 valence electrons. The van der Waals surface area contributed by atoms with E-state index in [0.29, 0.717) is 26.1 Å². The summed E-state index contributed by atoms with van der Waals surface area (Å²) in [5, 5.41) is 5.21. The minimum Gasteiger partial charge on any atom is -0.351 e. The zero-order chi connectivity index (χ0) is 19.9. The zero-order valence-electron chi connectivity index (χ0n) is 15.3. The Labute approximate surface area is 154 Å². The molecule has 0 aliphatic rings. The van der Waals surface area contributed by atoms with Gasteiger partial charge in [0.25, 0.3) is 0 Å². The van der Waals surface area contributed by atoms with Crippen molar-refractivity contribution in [1.82, 2.24) is 20.4 Å². The molecule has 0 fully saturated rings. The monoisotopic (exact) mass is 364 g/mol. The number of nitrogens with zero attached hydrogens (tertiary/aromatic N) is 2. The molecule has 0 rings (SSSR count). The van der Waals surface area contributed by atoms with Crippen LogP contribution in [0.5, 0.6) is 0 Å². The third kappa shape index (κ3) is 9.41. The van der Waals surface area contributed by atoms with E-state index in [0.717, 1.165) is 12.2 Å². The molecular formula is C18H28N4O4. The van der Waals surface area contributed by atoms with E-state index in [1.54, 1.807) is 11.8 Å². The summed E-state index contributed by atoms with van der Waals surface area (Å²) < 4.78 is 0. The van der Waals surface area contributed by atoms with Gasteiger partial charge in [-0.3, -0.25) is 19.2 Å². The van der Waals surface area contributed by atoms with E-state index in [1.165, 1.54) is 11.0 Å². The molecule has 0 spiro atoms. The highest BCUT2D eigenvalue weighted by Gasteiger charge is 2.16. The van der Waals surface area contributed by atoms with Gasteiger partial charge < -0.3 is 20.4 Å². The van der Waals surface area contributed by atoms with Gasteiger partial charge in [-0.1, -0.05) is 26.7 Å². The smallest absolute Gasteiger partial charge is 0.246 e. The first-order valence-corrected chi connectivity index (χ1v) is 8.39. The molecule has 0 bridgehead atoms. The van der Waals surface area contributed by atoms with Gasteiger partial charge in [0, 0.05) is 45.7 Å². The quantitative estimate of drug-likeness (QED) is 0.444. The van der Waals surface area contributed by atoms with Crippen molar-refractivity contribution < 1.29 is 19.2 Å². The molecule has 0 atom stereocenters. The van der Waals surface area contributed by atoms with Crippen LogP contribution >= 0.6 is 0 Å². The average molecular weight is 364 g/mol. The number of amides is 4. The predicted molar refractivity (Wildman–Crippen MR) is 100 cm³/mol. The van der Waals surface area contributed by atoms with Gasteiger partial charge in [0.15, 0.2) is 0 Å². The van der Waals surface area contributed by atoms with Crippen molar-refractivity contribution in [3.8, 4) is 0 Å². The van der Waals surface area contributed by atoms with Gasteiger partial charge >= 0.3 is 0 Å². The Kier molecular flexibility index (Phi) is 11.9. The first kappa shape index (κ1) is 23.1. The van der Waals surface area contributed by atoms with Gasteiger partial charge in [-0.25, -0.2) is 0 Å². The van der Waals surface area contributed by atoms with E-state index in [-0.39, 0.29) is 43.3 Å². The van der Waals surface area contributed by atoms with Crippen molar-refractivity contribution in [3.05, 3.63) is 38.0 Å². The lowest BCUT2D eigenvalue weighted by Gasteiger charge is -2.27. The van der Waals surface area contributed by atoms with Crippen molar-refractivity contribution in [3.63, 3.8) is 0 Å². The summed E-state index contributed by atoms with van der Waals surface area (Å²) >= 11 is 0. The van der Waals surface area contributed by atoms with Gasteiger partial charge in [-0.2, -0.15) is 0 Å². The summed E-state index contributed by atoms with van der Waals surface area (Å²) in [5.74, 6) is -1.00. The Morgan fingerprint density at radius 2 is 1.23 bits per heavy atom. The van der Waals surface area contributed by atoms with Crippen LogP contribution in [0.15, 0.2) is 38.0 Å². The van der Waals surface area contributed by atoms with Crippen LogP contribution in [0, 0.1) is 0 Å². The molecule has 0 unspecified atom stereocenters. The maximum atomic E-state index is 12.1. The fourth-order valence-corrected chi connectivity index (χ4v) is 2.06. The van der Waals surface area contributed by atoms with Crippen LogP contribution in [0.2, 0.25) is 0 Å². The molecule has 8 heteroatoms. The zero-order valence-corrected chi connectivity index (χ0v) is 15.3. The highest BCUT2D eigenvalue weighted by molar-refractivity contribution is 5.88. The Morgan fingerprint density at radius 1 is 0.769 bits per heavy atom. The molecule has 0 saturated carbocycles. The highest BCUT2D eigenvalue weighted by atomic mass is 16.2. The number of nitrogens with one attached hydrogen (secondary N) is 2. The van der Waals surface area contributed by atoms with Gasteiger partial charge in [0.2, 0.25) is 23.6 Å². The number of carbonyl (C=O) groups excluding carboxylic acids is 4. The largest absolute Gasteiger partial charge is 0.351 e. The van der Waals surface area contributed by atoms with Crippen LogP contribution in [-0.4, -0.2) is 72.7 Å². The lowest BCUT2D eigenvalue weighted by atomic mass is 10.3. The second-order valence-corrected chi connectivity index (χ2v) is 5.25. The lowest BCUT2D eigenvalue weighted by Crippen LogP contribution is -2.45. The number of carbonyl (C=O) groups is 4. The van der Waals surface area contributed by atoms with E-state index >= 15 is 0 Å². The van der Waals surface area contributed by atoms with Crippen LogP contribution < -0.4 is 10.6 Å². The third-order valence-electron chi connectivity index (χ3n) is 3.51. The van der Waals surface area contributed by atoms with Gasteiger partial charge in [0.1, 0.15) is 0 Å². The minimum absolute atomic E-state index is 0.0798. The van der Waals surface area contributed by atoms with Crippen LogP contribution in [-0.2, 0) is 19.2 Å². The molecule has 2 N–H and O–H groups in total. The van der Waals surface area contributed by atoms with Crippen molar-refractivity contribution in [1.29, 1.82) is 0 Å². The summed E-state index contributed by atoms with van der Waals surface area (Å²) in [7, 11) is 0. The van der Waals surface area contributed by atoms with Crippen molar-refractivity contribution >= 4 is 23.6 Å². The molecule has 0 radical (unpaired) electrons. The van der Waals surface area contributed by atoms with E-state index in [4.69, 9.17) is 0 Å². The summed E-state index contributed by atoms with van der Waals surface area (Å²) in [5.41, 5.74) is 0. The molecular weight excluding hydrogens is 336 g/mol. The Balaban J connectivity index is 4.68. The van der Waals surface area contributed by atoms with Crippen LogP contribution in [0.1, 0.15) is 13.3 Å². The van der Waals surface area contributed by atoms with Crippen molar-refractivity contribution in [2.45, 2.75) is 13.3 Å². The molecule has 4 amide bonds. The Bertz CT molecular complexity index is 545. The summed E-state index contributed by atoms with van der Waals surface area (Å²) in [4.78, 5) is 49.4. The second kappa shape index (κ2) is 13.4. The Morgan fingerprint density at radius 3 is 1.65 bits per heavy atom. The van der Waals surface area contributed by atoms with Gasteiger partial charge in [-0.15, -0.1) is 0 Å². The molecule has 8 nitrogen and oxygen atoms in total. The number of hydrogen-bond donors (Lipinski definition) is 2. The first-order valence-electron chi connectivity index (χ1n) is 8.39. The lowest BCUT2D eigenvalue weighted by molar-refractivity contribution is -0.133. The number of hydrogen-bond acceptors (Lipinski definition) is 4. The SMILES string of the molecule is C=CC(=O)NCCN(CCN(CCNC(=O)C=C)C(=O)CC)C(=O)C=C. The van der Waals surface area contributed by atoms with E-state index < -0.39 is 0 Å². The van der Waals surface area contributed by atoms with Gasteiger partial charge in [0.05, 0.1) is 0 Å². The highest BCUT2D eigenvalue weighted by Crippen LogP contribution is 1.98. The van der Waals surface area contributed by atoms with Crippen LogP contribution in [0.3, 0.4) is 0 Å².